The van der Waals surface area contributed by atoms with E-state index in [1.807, 2.05) is 6.07 Å². The number of aryl methyl sites for hydroxylation is 1. The number of rotatable bonds is 6. The Bertz CT molecular complexity index is 955. The minimum Gasteiger partial charge on any atom is -0.496 e. The van der Waals surface area contributed by atoms with Crippen molar-refractivity contribution in [1.29, 1.82) is 0 Å². The summed E-state index contributed by atoms with van der Waals surface area (Å²) in [5, 5.41) is 0.454. The average Bonchev–Trinajstić information content (AvgIpc) is 2.77. The minimum absolute atomic E-state index is 0.0185. The number of halogens is 2. The highest BCUT2D eigenvalue weighted by atomic mass is 35.5. The SMILES string of the molecule is C=CC(=O)N1CCN(C(=O)CCc2cc(-c3cccc(F)c3)c(Cl)cc2OC)CC1. The van der Waals surface area contributed by atoms with Gasteiger partial charge in [-0.25, -0.2) is 4.39 Å². The number of carbonyl (C=O) groups is 2. The molecule has 0 bridgehead atoms. The molecule has 1 aliphatic rings. The van der Waals surface area contributed by atoms with Gasteiger partial charge in [0, 0.05) is 38.2 Å². The highest BCUT2D eigenvalue weighted by Crippen LogP contribution is 2.35. The highest BCUT2D eigenvalue weighted by molar-refractivity contribution is 6.33. The van der Waals surface area contributed by atoms with Crippen LogP contribution < -0.4 is 4.74 Å². The van der Waals surface area contributed by atoms with Gasteiger partial charge in [0.25, 0.3) is 0 Å². The summed E-state index contributed by atoms with van der Waals surface area (Å²) in [4.78, 5) is 27.8. The molecule has 0 aliphatic carbocycles. The fourth-order valence-corrected chi connectivity index (χ4v) is 3.83. The van der Waals surface area contributed by atoms with Crippen LogP contribution in [0.2, 0.25) is 5.02 Å². The van der Waals surface area contributed by atoms with Gasteiger partial charge in [0.05, 0.1) is 12.1 Å². The molecule has 1 aliphatic heterocycles. The molecule has 5 nitrogen and oxygen atoms in total. The van der Waals surface area contributed by atoms with Crippen molar-refractivity contribution in [2.75, 3.05) is 33.3 Å². The molecule has 0 radical (unpaired) electrons. The van der Waals surface area contributed by atoms with Crippen LogP contribution in [0.3, 0.4) is 0 Å². The van der Waals surface area contributed by atoms with Crippen molar-refractivity contribution in [2.45, 2.75) is 12.8 Å². The first-order valence-electron chi connectivity index (χ1n) is 9.74. The van der Waals surface area contributed by atoms with Gasteiger partial charge in [0.2, 0.25) is 11.8 Å². The Morgan fingerprint density at radius 2 is 1.87 bits per heavy atom. The number of nitrogens with zero attached hydrogens (tertiary/aromatic N) is 2. The Morgan fingerprint density at radius 3 is 2.50 bits per heavy atom. The van der Waals surface area contributed by atoms with Crippen LogP contribution in [-0.4, -0.2) is 54.9 Å². The molecule has 2 aromatic carbocycles. The zero-order chi connectivity index (χ0) is 21.7. The van der Waals surface area contributed by atoms with E-state index in [4.69, 9.17) is 16.3 Å². The zero-order valence-corrected chi connectivity index (χ0v) is 17.6. The molecule has 0 N–H and O–H groups in total. The second-order valence-corrected chi connectivity index (χ2v) is 7.47. The van der Waals surface area contributed by atoms with Crippen molar-refractivity contribution in [1.82, 2.24) is 9.80 Å². The molecular formula is C23H24ClFN2O3. The van der Waals surface area contributed by atoms with Gasteiger partial charge in [-0.3, -0.25) is 9.59 Å². The van der Waals surface area contributed by atoms with Crippen LogP contribution in [0.25, 0.3) is 11.1 Å². The summed E-state index contributed by atoms with van der Waals surface area (Å²) < 4.78 is 19.1. The van der Waals surface area contributed by atoms with E-state index in [1.54, 1.807) is 35.1 Å². The normalized spacial score (nSPS) is 13.8. The number of amides is 2. The Balaban J connectivity index is 1.70. The second kappa shape index (κ2) is 9.76. The predicted molar refractivity (Wildman–Crippen MR) is 115 cm³/mol. The Hall–Kier alpha value is -2.86. The number of carbonyl (C=O) groups excluding carboxylic acids is 2. The fraction of sp³-hybridized carbons (Fsp3) is 0.304. The van der Waals surface area contributed by atoms with E-state index in [9.17, 15) is 14.0 Å². The molecule has 3 rings (SSSR count). The molecule has 0 aromatic heterocycles. The lowest BCUT2D eigenvalue weighted by Crippen LogP contribution is -2.50. The number of hydrogen-bond acceptors (Lipinski definition) is 3. The maximum Gasteiger partial charge on any atom is 0.246 e. The smallest absolute Gasteiger partial charge is 0.246 e. The van der Waals surface area contributed by atoms with E-state index >= 15 is 0 Å². The quantitative estimate of drug-likeness (QED) is 0.652. The van der Waals surface area contributed by atoms with Gasteiger partial charge in [-0.2, -0.15) is 0 Å². The van der Waals surface area contributed by atoms with E-state index in [2.05, 4.69) is 6.58 Å². The lowest BCUT2D eigenvalue weighted by Gasteiger charge is -2.34. The first-order valence-corrected chi connectivity index (χ1v) is 10.1. The van der Waals surface area contributed by atoms with Crippen LogP contribution in [-0.2, 0) is 16.0 Å². The Kier molecular flexibility index (Phi) is 7.11. The Morgan fingerprint density at radius 1 is 1.17 bits per heavy atom. The first-order chi connectivity index (χ1) is 14.4. The molecule has 0 spiro atoms. The maximum absolute atomic E-state index is 13.6. The molecule has 0 unspecified atom stereocenters. The van der Waals surface area contributed by atoms with Crippen LogP contribution in [0, 0.1) is 5.82 Å². The summed E-state index contributed by atoms with van der Waals surface area (Å²) in [6.07, 6.45) is 2.06. The molecule has 158 valence electrons. The van der Waals surface area contributed by atoms with Crippen molar-refractivity contribution < 1.29 is 18.7 Å². The van der Waals surface area contributed by atoms with Gasteiger partial charge in [-0.05, 0) is 47.9 Å². The summed E-state index contributed by atoms with van der Waals surface area (Å²) in [5.41, 5.74) is 2.18. The third-order valence-electron chi connectivity index (χ3n) is 5.23. The van der Waals surface area contributed by atoms with Crippen molar-refractivity contribution in [3.8, 4) is 16.9 Å². The third kappa shape index (κ3) is 5.00. The van der Waals surface area contributed by atoms with Gasteiger partial charge in [0.1, 0.15) is 11.6 Å². The van der Waals surface area contributed by atoms with E-state index in [0.717, 1.165) is 5.56 Å². The first kappa shape index (κ1) is 21.8. The monoisotopic (exact) mass is 430 g/mol. The van der Waals surface area contributed by atoms with E-state index in [-0.39, 0.29) is 17.6 Å². The van der Waals surface area contributed by atoms with Crippen LogP contribution in [0.4, 0.5) is 4.39 Å². The lowest BCUT2D eigenvalue weighted by atomic mass is 9.99. The molecule has 7 heteroatoms. The van der Waals surface area contributed by atoms with Crippen molar-refractivity contribution >= 4 is 23.4 Å². The molecule has 1 fully saturated rings. The standard InChI is InChI=1S/C23H24ClFN2O3/c1-3-22(28)26-9-11-27(12-10-26)23(29)8-7-17-14-19(20(24)15-21(17)30-2)16-5-4-6-18(25)13-16/h3-6,13-15H,1,7-12H2,2H3. The van der Waals surface area contributed by atoms with Crippen LogP contribution in [0.5, 0.6) is 5.75 Å². The molecule has 1 heterocycles. The molecular weight excluding hydrogens is 407 g/mol. The number of hydrogen-bond donors (Lipinski definition) is 0. The van der Waals surface area contributed by atoms with Crippen molar-refractivity contribution in [3.05, 3.63) is 65.5 Å². The van der Waals surface area contributed by atoms with Gasteiger partial charge in [-0.15, -0.1) is 0 Å². The number of ether oxygens (including phenoxy) is 1. The third-order valence-corrected chi connectivity index (χ3v) is 5.55. The predicted octanol–water partition coefficient (Wildman–Crippen LogP) is 3.94. The minimum atomic E-state index is -0.342. The van der Waals surface area contributed by atoms with Crippen LogP contribution >= 0.6 is 11.6 Å². The van der Waals surface area contributed by atoms with Crippen LogP contribution in [0.1, 0.15) is 12.0 Å². The molecule has 0 atom stereocenters. The molecule has 1 saturated heterocycles. The fourth-order valence-electron chi connectivity index (χ4n) is 3.57. The van der Waals surface area contributed by atoms with Crippen molar-refractivity contribution in [3.63, 3.8) is 0 Å². The van der Waals surface area contributed by atoms with Gasteiger partial charge in [-0.1, -0.05) is 30.3 Å². The topological polar surface area (TPSA) is 49.9 Å². The zero-order valence-electron chi connectivity index (χ0n) is 16.9. The average molecular weight is 431 g/mol. The summed E-state index contributed by atoms with van der Waals surface area (Å²) in [6, 6.07) is 9.77. The van der Waals surface area contributed by atoms with E-state index in [0.29, 0.717) is 60.9 Å². The molecule has 0 saturated carbocycles. The lowest BCUT2D eigenvalue weighted by molar-refractivity contribution is -0.137. The summed E-state index contributed by atoms with van der Waals surface area (Å²) >= 11 is 6.39. The number of methoxy groups -OCH3 is 1. The maximum atomic E-state index is 13.6. The van der Waals surface area contributed by atoms with Crippen molar-refractivity contribution in [2.24, 2.45) is 0 Å². The second-order valence-electron chi connectivity index (χ2n) is 7.06. The number of piperazine rings is 1. The Labute approximate surface area is 180 Å². The van der Waals surface area contributed by atoms with E-state index in [1.165, 1.54) is 18.2 Å². The largest absolute Gasteiger partial charge is 0.496 e. The summed E-state index contributed by atoms with van der Waals surface area (Å²) in [7, 11) is 1.55. The summed E-state index contributed by atoms with van der Waals surface area (Å²) in [6.45, 7) is 5.51. The molecule has 2 aromatic rings. The van der Waals surface area contributed by atoms with E-state index < -0.39 is 0 Å². The number of benzene rings is 2. The van der Waals surface area contributed by atoms with Gasteiger partial charge in [0.15, 0.2) is 0 Å². The summed E-state index contributed by atoms with van der Waals surface area (Å²) in [5.74, 6) is 0.155. The van der Waals surface area contributed by atoms with Gasteiger partial charge >= 0.3 is 0 Å². The van der Waals surface area contributed by atoms with Crippen LogP contribution in [0.15, 0.2) is 49.1 Å². The highest BCUT2D eigenvalue weighted by Gasteiger charge is 2.23. The van der Waals surface area contributed by atoms with Gasteiger partial charge < -0.3 is 14.5 Å². The molecule has 30 heavy (non-hydrogen) atoms. The molecule has 2 amide bonds.